The van der Waals surface area contributed by atoms with Crippen molar-refractivity contribution in [1.29, 1.82) is 0 Å². The Hall–Kier alpha value is -1.36. The van der Waals surface area contributed by atoms with Crippen LogP contribution in [0.5, 0.6) is 0 Å². The molecule has 5 heteroatoms. The number of halogens is 1. The Morgan fingerprint density at radius 3 is 2.68 bits per heavy atom. The summed E-state index contributed by atoms with van der Waals surface area (Å²) in [6.07, 6.45) is 1.90. The van der Waals surface area contributed by atoms with E-state index in [1.165, 1.54) is 5.56 Å². The number of rotatable bonds is 3. The van der Waals surface area contributed by atoms with Crippen molar-refractivity contribution in [2.75, 3.05) is 26.3 Å². The third kappa shape index (κ3) is 2.97. The van der Waals surface area contributed by atoms with Crippen molar-refractivity contribution in [2.45, 2.75) is 6.54 Å². The number of hydrogen-bond acceptors (Lipinski definition) is 3. The van der Waals surface area contributed by atoms with E-state index in [-0.39, 0.29) is 0 Å². The van der Waals surface area contributed by atoms with E-state index in [1.807, 2.05) is 30.5 Å². The number of aromatic amines is 1. The molecule has 0 atom stereocenters. The molecular formula is C14H16ClN3O. The van der Waals surface area contributed by atoms with Gasteiger partial charge in [-0.15, -0.1) is 0 Å². The first kappa shape index (κ1) is 12.7. The molecule has 1 fully saturated rings. The highest BCUT2D eigenvalue weighted by atomic mass is 35.5. The highest BCUT2D eigenvalue weighted by Gasteiger charge is 2.14. The van der Waals surface area contributed by atoms with Crippen molar-refractivity contribution in [3.8, 4) is 11.3 Å². The van der Waals surface area contributed by atoms with Crippen molar-refractivity contribution in [1.82, 2.24) is 15.1 Å². The second-order valence-electron chi connectivity index (χ2n) is 4.67. The van der Waals surface area contributed by atoms with Crippen molar-refractivity contribution in [2.24, 2.45) is 0 Å². The molecular weight excluding hydrogens is 262 g/mol. The maximum Gasteiger partial charge on any atom is 0.0695 e. The molecule has 19 heavy (non-hydrogen) atoms. The smallest absolute Gasteiger partial charge is 0.0695 e. The summed E-state index contributed by atoms with van der Waals surface area (Å²) >= 11 is 5.92. The lowest BCUT2D eigenvalue weighted by molar-refractivity contribution is 0.0342. The van der Waals surface area contributed by atoms with Crippen LogP contribution in [-0.4, -0.2) is 41.4 Å². The third-order valence-electron chi connectivity index (χ3n) is 3.35. The number of aromatic nitrogens is 2. The average Bonchev–Trinajstić information content (AvgIpc) is 2.89. The SMILES string of the molecule is Clc1ccc(-c2[nH]ncc2CN2CCOCC2)cc1. The van der Waals surface area contributed by atoms with Gasteiger partial charge >= 0.3 is 0 Å². The van der Waals surface area contributed by atoms with Crippen molar-refractivity contribution < 1.29 is 4.74 Å². The molecule has 3 rings (SSSR count). The van der Waals surface area contributed by atoms with Gasteiger partial charge in [0.05, 0.1) is 25.1 Å². The second-order valence-corrected chi connectivity index (χ2v) is 5.10. The highest BCUT2D eigenvalue weighted by Crippen LogP contribution is 2.24. The van der Waals surface area contributed by atoms with E-state index >= 15 is 0 Å². The lowest BCUT2D eigenvalue weighted by atomic mass is 10.1. The van der Waals surface area contributed by atoms with Crippen LogP contribution in [0.2, 0.25) is 5.02 Å². The van der Waals surface area contributed by atoms with E-state index in [0.717, 1.165) is 49.1 Å². The van der Waals surface area contributed by atoms with E-state index in [4.69, 9.17) is 16.3 Å². The minimum atomic E-state index is 0.748. The predicted octanol–water partition coefficient (Wildman–Crippen LogP) is 2.56. The Labute approximate surface area is 117 Å². The number of ether oxygens (including phenoxy) is 1. The van der Waals surface area contributed by atoms with E-state index in [2.05, 4.69) is 15.1 Å². The molecule has 2 heterocycles. The van der Waals surface area contributed by atoms with Crippen LogP contribution in [0.4, 0.5) is 0 Å². The van der Waals surface area contributed by atoms with Crippen LogP contribution < -0.4 is 0 Å². The molecule has 0 unspecified atom stereocenters. The van der Waals surface area contributed by atoms with Gasteiger partial charge < -0.3 is 4.74 Å². The van der Waals surface area contributed by atoms with Gasteiger partial charge in [0.25, 0.3) is 0 Å². The molecule has 1 aliphatic rings. The third-order valence-corrected chi connectivity index (χ3v) is 3.60. The van der Waals surface area contributed by atoms with Gasteiger partial charge in [0, 0.05) is 30.2 Å². The average molecular weight is 278 g/mol. The molecule has 0 spiro atoms. The van der Waals surface area contributed by atoms with E-state index in [9.17, 15) is 0 Å². The molecule has 1 N–H and O–H groups in total. The Bertz CT molecular complexity index is 532. The maximum atomic E-state index is 5.92. The lowest BCUT2D eigenvalue weighted by Gasteiger charge is -2.26. The minimum Gasteiger partial charge on any atom is -0.379 e. The Balaban J connectivity index is 1.79. The Morgan fingerprint density at radius 1 is 1.21 bits per heavy atom. The first-order valence-electron chi connectivity index (χ1n) is 6.41. The van der Waals surface area contributed by atoms with Crippen LogP contribution >= 0.6 is 11.6 Å². The van der Waals surface area contributed by atoms with Crippen molar-refractivity contribution >= 4 is 11.6 Å². The van der Waals surface area contributed by atoms with Crippen LogP contribution in [0.1, 0.15) is 5.56 Å². The fourth-order valence-corrected chi connectivity index (χ4v) is 2.42. The zero-order valence-corrected chi connectivity index (χ0v) is 11.4. The second kappa shape index (κ2) is 5.74. The van der Waals surface area contributed by atoms with Crippen LogP contribution in [-0.2, 0) is 11.3 Å². The van der Waals surface area contributed by atoms with E-state index < -0.39 is 0 Å². The van der Waals surface area contributed by atoms with Gasteiger partial charge in [0.2, 0.25) is 0 Å². The summed E-state index contributed by atoms with van der Waals surface area (Å²) in [4.78, 5) is 2.38. The van der Waals surface area contributed by atoms with Crippen LogP contribution in [0.15, 0.2) is 30.5 Å². The van der Waals surface area contributed by atoms with Gasteiger partial charge in [-0.25, -0.2) is 0 Å². The fraction of sp³-hybridized carbons (Fsp3) is 0.357. The molecule has 0 amide bonds. The predicted molar refractivity (Wildman–Crippen MR) is 75.1 cm³/mol. The summed E-state index contributed by atoms with van der Waals surface area (Å²) in [6.45, 7) is 4.48. The van der Waals surface area contributed by atoms with Crippen LogP contribution in [0.3, 0.4) is 0 Å². The quantitative estimate of drug-likeness (QED) is 0.937. The molecule has 0 saturated carbocycles. The number of nitrogens with zero attached hydrogens (tertiary/aromatic N) is 2. The molecule has 1 aliphatic heterocycles. The summed E-state index contributed by atoms with van der Waals surface area (Å²) in [7, 11) is 0. The van der Waals surface area contributed by atoms with Gasteiger partial charge in [-0.2, -0.15) is 5.10 Å². The molecule has 1 aromatic carbocycles. The first-order valence-corrected chi connectivity index (χ1v) is 6.79. The van der Waals surface area contributed by atoms with Gasteiger partial charge in [-0.05, 0) is 17.7 Å². The molecule has 100 valence electrons. The molecule has 4 nitrogen and oxygen atoms in total. The normalized spacial score (nSPS) is 16.7. The summed E-state index contributed by atoms with van der Waals surface area (Å²) < 4.78 is 5.37. The maximum absolute atomic E-state index is 5.92. The van der Waals surface area contributed by atoms with Crippen molar-refractivity contribution in [3.05, 3.63) is 41.0 Å². The van der Waals surface area contributed by atoms with Gasteiger partial charge in [0.1, 0.15) is 0 Å². The number of hydrogen-bond donors (Lipinski definition) is 1. The molecule has 0 bridgehead atoms. The lowest BCUT2D eigenvalue weighted by Crippen LogP contribution is -2.35. The Kier molecular flexibility index (Phi) is 3.82. The molecule has 2 aromatic rings. The standard InChI is InChI=1S/C14H16ClN3O/c15-13-3-1-11(2-4-13)14-12(9-16-17-14)10-18-5-7-19-8-6-18/h1-4,9H,5-8,10H2,(H,16,17). The van der Waals surface area contributed by atoms with Crippen molar-refractivity contribution in [3.63, 3.8) is 0 Å². The monoisotopic (exact) mass is 277 g/mol. The van der Waals surface area contributed by atoms with Crippen LogP contribution in [0.25, 0.3) is 11.3 Å². The number of benzene rings is 1. The minimum absolute atomic E-state index is 0.748. The summed E-state index contributed by atoms with van der Waals surface area (Å²) in [5.41, 5.74) is 3.40. The molecule has 1 saturated heterocycles. The van der Waals surface area contributed by atoms with Crippen LogP contribution in [0, 0.1) is 0 Å². The number of H-pyrrole nitrogens is 1. The largest absolute Gasteiger partial charge is 0.379 e. The fourth-order valence-electron chi connectivity index (χ4n) is 2.30. The van der Waals surface area contributed by atoms with Gasteiger partial charge in [-0.3, -0.25) is 10.00 Å². The van der Waals surface area contributed by atoms with E-state index in [0.29, 0.717) is 0 Å². The number of morpholine rings is 1. The van der Waals surface area contributed by atoms with Gasteiger partial charge in [0.15, 0.2) is 0 Å². The number of nitrogens with one attached hydrogen (secondary N) is 1. The highest BCUT2D eigenvalue weighted by molar-refractivity contribution is 6.30. The summed E-state index contributed by atoms with van der Waals surface area (Å²) in [5.74, 6) is 0. The van der Waals surface area contributed by atoms with Gasteiger partial charge in [-0.1, -0.05) is 23.7 Å². The molecule has 0 aliphatic carbocycles. The molecule has 1 aromatic heterocycles. The summed E-state index contributed by atoms with van der Waals surface area (Å²) in [6, 6.07) is 7.82. The molecule has 0 radical (unpaired) electrons. The van der Waals surface area contributed by atoms with E-state index in [1.54, 1.807) is 0 Å². The summed E-state index contributed by atoms with van der Waals surface area (Å²) in [5, 5.41) is 8.00. The first-order chi connectivity index (χ1) is 9.33. The topological polar surface area (TPSA) is 41.2 Å². The zero-order valence-electron chi connectivity index (χ0n) is 10.6. The Morgan fingerprint density at radius 2 is 1.95 bits per heavy atom. The zero-order chi connectivity index (χ0) is 13.1.